The van der Waals surface area contributed by atoms with Crippen molar-refractivity contribution in [1.29, 1.82) is 0 Å². The summed E-state index contributed by atoms with van der Waals surface area (Å²) < 4.78 is 0. The number of aromatic nitrogens is 2. The second-order valence-corrected chi connectivity index (χ2v) is 4.48. The Morgan fingerprint density at radius 1 is 1.17 bits per heavy atom. The first-order chi connectivity index (χ1) is 8.71. The molecule has 0 bridgehead atoms. The van der Waals surface area contributed by atoms with E-state index < -0.39 is 0 Å². The van der Waals surface area contributed by atoms with Gasteiger partial charge < -0.3 is 16.4 Å². The maximum atomic E-state index is 5.64. The topological polar surface area (TPSA) is 75.9 Å². The first kappa shape index (κ1) is 12.5. The zero-order chi connectivity index (χ0) is 13.0. The minimum atomic E-state index is 0.241. The van der Waals surface area contributed by atoms with Gasteiger partial charge in [-0.3, -0.25) is 0 Å². The molecule has 0 saturated heterocycles. The molecule has 0 amide bonds. The molecule has 2 aromatic rings. The number of anilines is 4. The summed E-state index contributed by atoms with van der Waals surface area (Å²) >= 11 is 1.69. The lowest BCUT2D eigenvalue weighted by Crippen LogP contribution is -2.03. The van der Waals surface area contributed by atoms with Crippen LogP contribution in [0.15, 0.2) is 35.2 Å². The first-order valence-electron chi connectivity index (χ1n) is 5.44. The summed E-state index contributed by atoms with van der Waals surface area (Å²) in [4.78, 5) is 9.37. The van der Waals surface area contributed by atoms with Gasteiger partial charge >= 0.3 is 0 Å². The number of nitrogens with two attached hydrogens (primary N) is 1. The first-order valence-corrected chi connectivity index (χ1v) is 6.67. The van der Waals surface area contributed by atoms with E-state index in [0.29, 0.717) is 11.6 Å². The molecule has 94 valence electrons. The Bertz CT molecular complexity index is 544. The molecule has 0 saturated carbocycles. The van der Waals surface area contributed by atoms with Gasteiger partial charge in [-0.1, -0.05) is 6.07 Å². The molecule has 0 aliphatic rings. The zero-order valence-electron chi connectivity index (χ0n) is 10.3. The van der Waals surface area contributed by atoms with Crippen molar-refractivity contribution in [3.8, 4) is 0 Å². The Morgan fingerprint density at radius 2 is 1.94 bits per heavy atom. The summed E-state index contributed by atoms with van der Waals surface area (Å²) in [7, 11) is 1.79. The van der Waals surface area contributed by atoms with E-state index in [4.69, 9.17) is 5.73 Å². The van der Waals surface area contributed by atoms with Crippen LogP contribution < -0.4 is 16.4 Å². The minimum absolute atomic E-state index is 0.241. The van der Waals surface area contributed by atoms with Crippen molar-refractivity contribution in [2.24, 2.45) is 0 Å². The summed E-state index contributed by atoms with van der Waals surface area (Å²) in [6, 6.07) is 9.90. The fourth-order valence-electron chi connectivity index (χ4n) is 1.51. The third kappa shape index (κ3) is 3.04. The lowest BCUT2D eigenvalue weighted by atomic mass is 10.3. The highest BCUT2D eigenvalue weighted by Gasteiger charge is 2.02. The lowest BCUT2D eigenvalue weighted by Gasteiger charge is -2.08. The predicted octanol–water partition coefficient (Wildman–Crippen LogP) is 2.57. The van der Waals surface area contributed by atoms with Gasteiger partial charge in [-0.05, 0) is 24.5 Å². The van der Waals surface area contributed by atoms with Crippen molar-refractivity contribution in [1.82, 2.24) is 9.97 Å². The van der Waals surface area contributed by atoms with Crippen LogP contribution in [0.2, 0.25) is 0 Å². The summed E-state index contributed by atoms with van der Waals surface area (Å²) in [6.45, 7) is 0. The molecule has 0 radical (unpaired) electrons. The van der Waals surface area contributed by atoms with Crippen molar-refractivity contribution < 1.29 is 0 Å². The van der Waals surface area contributed by atoms with Crippen LogP contribution in [-0.2, 0) is 0 Å². The van der Waals surface area contributed by atoms with Gasteiger partial charge in [0.25, 0.3) is 0 Å². The highest BCUT2D eigenvalue weighted by atomic mass is 32.2. The average molecular weight is 261 g/mol. The van der Waals surface area contributed by atoms with E-state index in [1.165, 1.54) is 4.90 Å². The number of hydrogen-bond donors (Lipinski definition) is 3. The van der Waals surface area contributed by atoms with E-state index in [2.05, 4.69) is 32.7 Å². The van der Waals surface area contributed by atoms with Crippen molar-refractivity contribution in [3.05, 3.63) is 30.3 Å². The Labute approximate surface area is 110 Å². The van der Waals surface area contributed by atoms with Crippen LogP contribution in [0.3, 0.4) is 0 Å². The maximum absolute atomic E-state index is 5.64. The molecule has 0 atom stereocenters. The van der Waals surface area contributed by atoms with Gasteiger partial charge in [0.1, 0.15) is 11.6 Å². The zero-order valence-corrected chi connectivity index (χ0v) is 11.1. The molecule has 5 nitrogen and oxygen atoms in total. The monoisotopic (exact) mass is 261 g/mol. The van der Waals surface area contributed by atoms with Crippen molar-refractivity contribution in [2.75, 3.05) is 29.7 Å². The SMILES string of the molecule is CNc1cc(Nc2cccc(SC)c2)nc(N)n1. The molecule has 2 rings (SSSR count). The predicted molar refractivity (Wildman–Crippen MR) is 77.5 cm³/mol. The van der Waals surface area contributed by atoms with Gasteiger partial charge in [0.05, 0.1) is 0 Å². The van der Waals surface area contributed by atoms with Crippen LogP contribution in [0, 0.1) is 0 Å². The van der Waals surface area contributed by atoms with Gasteiger partial charge in [0.15, 0.2) is 0 Å². The van der Waals surface area contributed by atoms with E-state index >= 15 is 0 Å². The van der Waals surface area contributed by atoms with Crippen LogP contribution in [0.1, 0.15) is 0 Å². The van der Waals surface area contributed by atoms with Gasteiger partial charge in [-0.25, -0.2) is 0 Å². The van der Waals surface area contributed by atoms with Crippen LogP contribution in [-0.4, -0.2) is 23.3 Å². The van der Waals surface area contributed by atoms with Crippen LogP contribution in [0.25, 0.3) is 0 Å². The number of nitrogens with one attached hydrogen (secondary N) is 2. The molecule has 0 aliphatic carbocycles. The number of hydrogen-bond acceptors (Lipinski definition) is 6. The fourth-order valence-corrected chi connectivity index (χ4v) is 1.97. The third-order valence-corrected chi connectivity index (χ3v) is 3.07. The van der Waals surface area contributed by atoms with Gasteiger partial charge in [-0.2, -0.15) is 9.97 Å². The highest BCUT2D eigenvalue weighted by Crippen LogP contribution is 2.22. The molecular formula is C12H15N5S. The van der Waals surface area contributed by atoms with Crippen LogP contribution >= 0.6 is 11.8 Å². The van der Waals surface area contributed by atoms with Crippen molar-refractivity contribution >= 4 is 35.0 Å². The molecule has 1 aromatic carbocycles. The van der Waals surface area contributed by atoms with Crippen molar-refractivity contribution in [3.63, 3.8) is 0 Å². The molecule has 0 unspecified atom stereocenters. The highest BCUT2D eigenvalue weighted by molar-refractivity contribution is 7.98. The number of rotatable bonds is 4. The smallest absolute Gasteiger partial charge is 0.223 e. The van der Waals surface area contributed by atoms with Gasteiger partial charge in [0, 0.05) is 23.7 Å². The van der Waals surface area contributed by atoms with Crippen LogP contribution in [0.5, 0.6) is 0 Å². The van der Waals surface area contributed by atoms with E-state index in [1.54, 1.807) is 18.8 Å². The molecule has 0 spiro atoms. The van der Waals surface area contributed by atoms with Crippen molar-refractivity contribution in [2.45, 2.75) is 4.90 Å². The third-order valence-electron chi connectivity index (χ3n) is 2.34. The molecule has 6 heteroatoms. The second kappa shape index (κ2) is 5.59. The number of thioether (sulfide) groups is 1. The molecule has 1 heterocycles. The summed E-state index contributed by atoms with van der Waals surface area (Å²) in [6.07, 6.45) is 2.04. The van der Waals surface area contributed by atoms with E-state index in [-0.39, 0.29) is 5.95 Å². The largest absolute Gasteiger partial charge is 0.373 e. The average Bonchev–Trinajstić information content (AvgIpc) is 2.38. The maximum Gasteiger partial charge on any atom is 0.223 e. The van der Waals surface area contributed by atoms with E-state index in [9.17, 15) is 0 Å². The molecule has 18 heavy (non-hydrogen) atoms. The quantitative estimate of drug-likeness (QED) is 0.734. The fraction of sp³-hybridized carbons (Fsp3) is 0.167. The molecule has 4 N–H and O–H groups in total. The Kier molecular flexibility index (Phi) is 3.88. The Hall–Kier alpha value is -1.95. The van der Waals surface area contributed by atoms with Crippen LogP contribution in [0.4, 0.5) is 23.3 Å². The Morgan fingerprint density at radius 3 is 2.67 bits per heavy atom. The van der Waals surface area contributed by atoms with E-state index in [1.807, 2.05) is 24.5 Å². The standard InChI is InChI=1S/C12H15N5S/c1-14-10-7-11(17-12(13)16-10)15-8-4-3-5-9(6-8)18-2/h3-7H,1-2H3,(H4,13,14,15,16,17). The van der Waals surface area contributed by atoms with Gasteiger partial charge in [-0.15, -0.1) is 11.8 Å². The van der Waals surface area contributed by atoms with E-state index in [0.717, 1.165) is 5.69 Å². The molecule has 0 aliphatic heterocycles. The number of nitrogen functional groups attached to an aromatic ring is 1. The number of nitrogens with zero attached hydrogens (tertiary/aromatic N) is 2. The minimum Gasteiger partial charge on any atom is -0.373 e. The summed E-state index contributed by atoms with van der Waals surface area (Å²) in [5, 5.41) is 6.15. The molecule has 1 aromatic heterocycles. The summed E-state index contributed by atoms with van der Waals surface area (Å²) in [5.74, 6) is 1.60. The Balaban J connectivity index is 2.24. The molecular weight excluding hydrogens is 246 g/mol. The number of benzene rings is 1. The molecule has 0 fully saturated rings. The summed E-state index contributed by atoms with van der Waals surface area (Å²) in [5.41, 5.74) is 6.61. The lowest BCUT2D eigenvalue weighted by molar-refractivity contribution is 1.17. The second-order valence-electron chi connectivity index (χ2n) is 3.60. The van der Waals surface area contributed by atoms with Gasteiger partial charge in [0.2, 0.25) is 5.95 Å². The normalized spacial score (nSPS) is 10.1.